The lowest BCUT2D eigenvalue weighted by Gasteiger charge is -2.12. The van der Waals surface area contributed by atoms with E-state index >= 15 is 0 Å². The largest absolute Gasteiger partial charge is 0.347 e. The summed E-state index contributed by atoms with van der Waals surface area (Å²) in [5.41, 5.74) is 4.47. The van der Waals surface area contributed by atoms with Crippen LogP contribution in [-0.2, 0) is 16.0 Å². The summed E-state index contributed by atoms with van der Waals surface area (Å²) in [5.74, 6) is -0.680. The number of aryl methyl sites for hydroxylation is 3. The average molecular weight is 366 g/mol. The lowest BCUT2D eigenvalue weighted by Crippen LogP contribution is -2.33. The minimum Gasteiger partial charge on any atom is -0.347 e. The monoisotopic (exact) mass is 366 g/mol. The number of amides is 2. The van der Waals surface area contributed by atoms with Crippen molar-refractivity contribution in [3.8, 4) is 0 Å². The van der Waals surface area contributed by atoms with Gasteiger partial charge in [0.15, 0.2) is 5.78 Å². The van der Waals surface area contributed by atoms with Gasteiger partial charge in [-0.2, -0.15) is 0 Å². The van der Waals surface area contributed by atoms with E-state index in [1.807, 2.05) is 44.2 Å². The highest BCUT2D eigenvalue weighted by atomic mass is 16.2. The molecule has 0 saturated heterocycles. The van der Waals surface area contributed by atoms with Gasteiger partial charge in [0, 0.05) is 24.1 Å². The van der Waals surface area contributed by atoms with Crippen LogP contribution in [0.4, 0.5) is 5.69 Å². The fraction of sp³-hybridized carbons (Fsp3) is 0.318. The van der Waals surface area contributed by atoms with Gasteiger partial charge < -0.3 is 10.6 Å². The van der Waals surface area contributed by atoms with E-state index in [1.165, 1.54) is 5.56 Å². The van der Waals surface area contributed by atoms with Gasteiger partial charge in [0.1, 0.15) is 0 Å². The zero-order valence-electron chi connectivity index (χ0n) is 16.1. The number of hydrogen-bond acceptors (Lipinski definition) is 3. The quantitative estimate of drug-likeness (QED) is 0.701. The Kier molecular flexibility index (Phi) is 7.29. The molecule has 2 aromatic rings. The van der Waals surface area contributed by atoms with Crippen LogP contribution in [0.15, 0.2) is 42.5 Å². The van der Waals surface area contributed by atoms with Crippen molar-refractivity contribution in [2.24, 2.45) is 0 Å². The predicted octanol–water partition coefficient (Wildman–Crippen LogP) is 3.58. The van der Waals surface area contributed by atoms with E-state index in [4.69, 9.17) is 0 Å². The van der Waals surface area contributed by atoms with Crippen molar-refractivity contribution in [2.45, 2.75) is 40.0 Å². The standard InChI is InChI=1S/C22H26N2O3/c1-4-17-8-10-18(11-9-17)19(25)12-13-20(26)23-14-21(27)24-22-15(2)6-5-7-16(22)3/h5-11H,4,12-14H2,1-3H3,(H,23,26)(H,24,27). The van der Waals surface area contributed by atoms with E-state index in [0.29, 0.717) is 5.56 Å². The summed E-state index contributed by atoms with van der Waals surface area (Å²) in [5, 5.41) is 5.38. The maximum atomic E-state index is 12.1. The number of benzene rings is 2. The number of ketones is 1. The summed E-state index contributed by atoms with van der Waals surface area (Å²) in [6.45, 7) is 5.77. The second-order valence-corrected chi connectivity index (χ2v) is 6.57. The van der Waals surface area contributed by atoms with E-state index in [1.54, 1.807) is 12.1 Å². The first-order valence-corrected chi connectivity index (χ1v) is 9.15. The molecule has 0 aliphatic heterocycles. The van der Waals surface area contributed by atoms with E-state index in [-0.39, 0.29) is 37.0 Å². The van der Waals surface area contributed by atoms with Crippen molar-refractivity contribution in [1.29, 1.82) is 0 Å². The van der Waals surface area contributed by atoms with Crippen LogP contribution < -0.4 is 10.6 Å². The molecule has 0 bridgehead atoms. The molecule has 0 spiro atoms. The molecule has 0 radical (unpaired) electrons. The van der Waals surface area contributed by atoms with Crippen molar-refractivity contribution < 1.29 is 14.4 Å². The number of rotatable bonds is 8. The molecule has 0 aromatic heterocycles. The summed E-state index contributed by atoms with van der Waals surface area (Å²) in [7, 11) is 0. The summed E-state index contributed by atoms with van der Waals surface area (Å²) in [4.78, 5) is 36.1. The van der Waals surface area contributed by atoms with E-state index < -0.39 is 0 Å². The van der Waals surface area contributed by atoms with E-state index in [0.717, 1.165) is 23.2 Å². The van der Waals surface area contributed by atoms with Crippen LogP contribution in [-0.4, -0.2) is 24.1 Å². The second-order valence-electron chi connectivity index (χ2n) is 6.57. The Labute approximate surface area is 160 Å². The Morgan fingerprint density at radius 2 is 1.48 bits per heavy atom. The first kappa shape index (κ1) is 20.4. The minimum absolute atomic E-state index is 0.0606. The SMILES string of the molecule is CCc1ccc(C(=O)CCC(=O)NCC(=O)Nc2c(C)cccc2C)cc1. The van der Waals surface area contributed by atoms with Gasteiger partial charge in [-0.25, -0.2) is 0 Å². The summed E-state index contributed by atoms with van der Waals surface area (Å²) in [6, 6.07) is 13.2. The van der Waals surface area contributed by atoms with E-state index in [9.17, 15) is 14.4 Å². The van der Waals surface area contributed by atoms with Crippen LogP contribution in [0.2, 0.25) is 0 Å². The Hall–Kier alpha value is -2.95. The van der Waals surface area contributed by atoms with Gasteiger partial charge in [-0.05, 0) is 37.0 Å². The van der Waals surface area contributed by atoms with Gasteiger partial charge in [0.2, 0.25) is 11.8 Å². The van der Waals surface area contributed by atoms with Crippen molar-refractivity contribution in [3.63, 3.8) is 0 Å². The number of Topliss-reactive ketones (excluding diaryl/α,β-unsaturated/α-hetero) is 1. The van der Waals surface area contributed by atoms with Crippen LogP contribution in [0, 0.1) is 13.8 Å². The van der Waals surface area contributed by atoms with Crippen LogP contribution in [0.1, 0.15) is 46.8 Å². The molecule has 5 nitrogen and oxygen atoms in total. The molecule has 142 valence electrons. The third-order valence-corrected chi connectivity index (χ3v) is 4.45. The highest BCUT2D eigenvalue weighted by Crippen LogP contribution is 2.19. The highest BCUT2D eigenvalue weighted by molar-refractivity contribution is 5.99. The molecule has 0 atom stereocenters. The van der Waals surface area contributed by atoms with Crippen LogP contribution in [0.5, 0.6) is 0 Å². The molecule has 0 saturated carbocycles. The fourth-order valence-corrected chi connectivity index (χ4v) is 2.76. The highest BCUT2D eigenvalue weighted by Gasteiger charge is 2.12. The number of carbonyl (C=O) groups excluding carboxylic acids is 3. The smallest absolute Gasteiger partial charge is 0.243 e. The zero-order valence-corrected chi connectivity index (χ0v) is 16.1. The number of anilines is 1. The lowest BCUT2D eigenvalue weighted by atomic mass is 10.0. The Bertz CT molecular complexity index is 806. The predicted molar refractivity (Wildman–Crippen MR) is 107 cm³/mol. The van der Waals surface area contributed by atoms with E-state index in [2.05, 4.69) is 17.6 Å². The Balaban J connectivity index is 1.76. The zero-order chi connectivity index (χ0) is 19.8. The van der Waals surface area contributed by atoms with Gasteiger partial charge in [0.25, 0.3) is 0 Å². The molecule has 2 aromatic carbocycles. The number of nitrogens with one attached hydrogen (secondary N) is 2. The first-order chi connectivity index (χ1) is 12.9. The maximum absolute atomic E-state index is 12.1. The summed E-state index contributed by atoms with van der Waals surface area (Å²) in [6.07, 6.45) is 1.10. The molecule has 0 aliphatic carbocycles. The van der Waals surface area contributed by atoms with Gasteiger partial charge >= 0.3 is 0 Å². The number of hydrogen-bond donors (Lipinski definition) is 2. The first-order valence-electron chi connectivity index (χ1n) is 9.15. The van der Waals surface area contributed by atoms with Crippen LogP contribution in [0.25, 0.3) is 0 Å². The molecule has 5 heteroatoms. The molecule has 2 amide bonds. The van der Waals surface area contributed by atoms with Crippen molar-refractivity contribution in [3.05, 3.63) is 64.7 Å². The Morgan fingerprint density at radius 3 is 2.07 bits per heavy atom. The fourth-order valence-electron chi connectivity index (χ4n) is 2.76. The van der Waals surface area contributed by atoms with Crippen LogP contribution in [0.3, 0.4) is 0 Å². The third-order valence-electron chi connectivity index (χ3n) is 4.45. The molecular formula is C22H26N2O3. The maximum Gasteiger partial charge on any atom is 0.243 e. The topological polar surface area (TPSA) is 75.3 Å². The summed E-state index contributed by atoms with van der Waals surface area (Å²) >= 11 is 0. The second kappa shape index (κ2) is 9.67. The third kappa shape index (κ3) is 6.06. The minimum atomic E-state index is -0.315. The summed E-state index contributed by atoms with van der Waals surface area (Å²) < 4.78 is 0. The van der Waals surface area contributed by atoms with Gasteiger partial charge in [-0.15, -0.1) is 0 Å². The van der Waals surface area contributed by atoms with Gasteiger partial charge in [-0.3, -0.25) is 14.4 Å². The molecule has 0 heterocycles. The van der Waals surface area contributed by atoms with Crippen molar-refractivity contribution in [2.75, 3.05) is 11.9 Å². The van der Waals surface area contributed by atoms with Crippen molar-refractivity contribution >= 4 is 23.3 Å². The number of carbonyl (C=O) groups is 3. The molecule has 27 heavy (non-hydrogen) atoms. The molecule has 2 N–H and O–H groups in total. The molecular weight excluding hydrogens is 340 g/mol. The normalized spacial score (nSPS) is 10.3. The van der Waals surface area contributed by atoms with Crippen LogP contribution >= 0.6 is 0 Å². The Morgan fingerprint density at radius 1 is 0.852 bits per heavy atom. The average Bonchev–Trinajstić information content (AvgIpc) is 2.67. The lowest BCUT2D eigenvalue weighted by molar-refractivity contribution is -0.124. The van der Waals surface area contributed by atoms with Gasteiger partial charge in [0.05, 0.1) is 6.54 Å². The van der Waals surface area contributed by atoms with Crippen molar-refractivity contribution in [1.82, 2.24) is 5.32 Å². The number of para-hydroxylation sites is 1. The molecule has 0 unspecified atom stereocenters. The molecule has 0 aliphatic rings. The van der Waals surface area contributed by atoms with Gasteiger partial charge in [-0.1, -0.05) is 49.4 Å². The molecule has 0 fully saturated rings. The molecule has 2 rings (SSSR count).